The van der Waals surface area contributed by atoms with Crippen LogP contribution in [0.4, 0.5) is 8.78 Å². The van der Waals surface area contributed by atoms with E-state index in [-0.39, 0.29) is 24.2 Å². The highest BCUT2D eigenvalue weighted by atomic mass is 32.1. The second kappa shape index (κ2) is 8.78. The molecule has 4 aromatic rings. The first-order valence-electron chi connectivity index (χ1n) is 10.6. The molecule has 5 rings (SSSR count). The van der Waals surface area contributed by atoms with E-state index >= 15 is 0 Å². The largest absolute Gasteiger partial charge is 0.435 e. The lowest BCUT2D eigenvalue weighted by Crippen LogP contribution is -2.32. The highest BCUT2D eigenvalue weighted by Crippen LogP contribution is 2.36. The topological polar surface area (TPSA) is 47.4 Å². The summed E-state index contributed by atoms with van der Waals surface area (Å²) in [6, 6.07) is 16.3. The predicted octanol–water partition coefficient (Wildman–Crippen LogP) is 6.12. The molecule has 8 heteroatoms. The van der Waals surface area contributed by atoms with E-state index in [4.69, 9.17) is 4.74 Å². The van der Waals surface area contributed by atoms with Crippen molar-refractivity contribution < 1.29 is 18.3 Å². The highest BCUT2D eigenvalue weighted by Gasteiger charge is 2.35. The van der Waals surface area contributed by atoms with Gasteiger partial charge in [-0.2, -0.15) is 5.10 Å². The number of aryl methyl sites for hydroxylation is 1. The second-order valence-corrected chi connectivity index (χ2v) is 8.88. The SMILES string of the molecule is Cc1nn(-c2ccccc2)c(Oc2ccc(F)cc2F)c1CN(C(=O)c1cccs1)C1CC1. The molecule has 2 aromatic heterocycles. The van der Waals surface area contributed by atoms with Gasteiger partial charge in [-0.05, 0) is 55.5 Å². The average Bonchev–Trinajstić information content (AvgIpc) is 3.40. The van der Waals surface area contributed by atoms with Gasteiger partial charge in [0.1, 0.15) is 5.82 Å². The molecular formula is C25H21F2N3O2S. The van der Waals surface area contributed by atoms with Gasteiger partial charge in [-0.15, -0.1) is 11.3 Å². The van der Waals surface area contributed by atoms with Crippen LogP contribution < -0.4 is 4.74 Å². The highest BCUT2D eigenvalue weighted by molar-refractivity contribution is 7.12. The zero-order valence-corrected chi connectivity index (χ0v) is 18.7. The molecule has 0 N–H and O–H groups in total. The first-order valence-corrected chi connectivity index (χ1v) is 11.5. The van der Waals surface area contributed by atoms with Gasteiger partial charge in [0, 0.05) is 12.1 Å². The fourth-order valence-electron chi connectivity index (χ4n) is 3.70. The Balaban J connectivity index is 1.57. The van der Waals surface area contributed by atoms with E-state index in [0.717, 1.165) is 30.7 Å². The van der Waals surface area contributed by atoms with Crippen LogP contribution in [-0.2, 0) is 6.54 Å². The van der Waals surface area contributed by atoms with Gasteiger partial charge in [0.25, 0.3) is 5.91 Å². The lowest BCUT2D eigenvalue weighted by Gasteiger charge is -2.22. The summed E-state index contributed by atoms with van der Waals surface area (Å²) in [5.74, 6) is -1.35. The zero-order chi connectivity index (χ0) is 22.9. The van der Waals surface area contributed by atoms with Crippen LogP contribution in [0.15, 0.2) is 66.0 Å². The van der Waals surface area contributed by atoms with Gasteiger partial charge >= 0.3 is 0 Å². The first kappa shape index (κ1) is 21.3. The Labute approximate surface area is 193 Å². The van der Waals surface area contributed by atoms with Gasteiger partial charge in [-0.25, -0.2) is 13.5 Å². The van der Waals surface area contributed by atoms with Crippen LogP contribution in [0.1, 0.15) is 33.8 Å². The van der Waals surface area contributed by atoms with Crippen LogP contribution >= 0.6 is 11.3 Å². The van der Waals surface area contributed by atoms with Gasteiger partial charge < -0.3 is 9.64 Å². The van der Waals surface area contributed by atoms with Crippen LogP contribution in [0.2, 0.25) is 0 Å². The number of nitrogens with zero attached hydrogens (tertiary/aromatic N) is 3. The second-order valence-electron chi connectivity index (χ2n) is 7.93. The molecular weight excluding hydrogens is 444 g/mol. The number of halogens is 2. The van der Waals surface area contributed by atoms with E-state index in [0.29, 0.717) is 22.0 Å². The predicted molar refractivity (Wildman–Crippen MR) is 122 cm³/mol. The van der Waals surface area contributed by atoms with Crippen molar-refractivity contribution in [1.29, 1.82) is 0 Å². The van der Waals surface area contributed by atoms with Crippen LogP contribution in [0.3, 0.4) is 0 Å². The van der Waals surface area contributed by atoms with E-state index in [1.165, 1.54) is 17.4 Å². The summed E-state index contributed by atoms with van der Waals surface area (Å²) >= 11 is 1.40. The average molecular weight is 466 g/mol. The summed E-state index contributed by atoms with van der Waals surface area (Å²) in [5, 5.41) is 6.52. The quantitative estimate of drug-likeness (QED) is 0.330. The van der Waals surface area contributed by atoms with Crippen LogP contribution in [0.25, 0.3) is 5.69 Å². The standard InChI is InChI=1S/C25H21F2N3O2S/c1-16-20(15-29(18-10-11-18)24(31)23-8-5-13-33-23)25(30(28-16)19-6-3-2-4-7-19)32-22-12-9-17(26)14-21(22)27/h2-9,12-14,18H,10-11,15H2,1H3. The van der Waals surface area contributed by atoms with Gasteiger partial charge in [-0.1, -0.05) is 24.3 Å². The van der Waals surface area contributed by atoms with Crippen LogP contribution in [0, 0.1) is 18.6 Å². The molecule has 1 saturated carbocycles. The van der Waals surface area contributed by atoms with Crippen molar-refractivity contribution in [2.45, 2.75) is 32.4 Å². The third kappa shape index (κ3) is 4.39. The molecule has 168 valence electrons. The van der Waals surface area contributed by atoms with Crippen molar-refractivity contribution in [3.63, 3.8) is 0 Å². The Kier molecular flexibility index (Phi) is 5.68. The number of hydrogen-bond acceptors (Lipinski definition) is 4. The van der Waals surface area contributed by atoms with E-state index in [1.807, 2.05) is 59.7 Å². The number of amides is 1. The minimum absolute atomic E-state index is 0.0433. The third-order valence-electron chi connectivity index (χ3n) is 5.55. The van der Waals surface area contributed by atoms with Gasteiger partial charge in [0.2, 0.25) is 5.88 Å². The number of hydrogen-bond donors (Lipinski definition) is 0. The number of rotatable bonds is 7. The molecule has 0 aliphatic heterocycles. The van der Waals surface area contributed by atoms with Gasteiger partial charge in [0.15, 0.2) is 11.6 Å². The van der Waals surface area contributed by atoms with Gasteiger partial charge in [0.05, 0.1) is 28.4 Å². The maximum atomic E-state index is 14.5. The molecule has 1 amide bonds. The number of benzene rings is 2. The Morgan fingerprint density at radius 2 is 1.94 bits per heavy atom. The number of para-hydroxylation sites is 1. The van der Waals surface area contributed by atoms with E-state index in [1.54, 1.807) is 4.68 Å². The molecule has 0 atom stereocenters. The zero-order valence-electron chi connectivity index (χ0n) is 17.9. The van der Waals surface area contributed by atoms with Crippen LogP contribution in [0.5, 0.6) is 11.6 Å². The molecule has 0 unspecified atom stereocenters. The van der Waals surface area contributed by atoms with Crippen molar-refractivity contribution in [3.05, 3.63) is 93.8 Å². The molecule has 5 nitrogen and oxygen atoms in total. The molecule has 1 fully saturated rings. The Morgan fingerprint density at radius 1 is 1.15 bits per heavy atom. The lowest BCUT2D eigenvalue weighted by atomic mass is 10.2. The summed E-state index contributed by atoms with van der Waals surface area (Å²) in [4.78, 5) is 15.7. The molecule has 0 saturated heterocycles. The molecule has 0 radical (unpaired) electrons. The summed E-state index contributed by atoms with van der Waals surface area (Å²) in [7, 11) is 0. The number of carbonyl (C=O) groups is 1. The molecule has 2 aromatic carbocycles. The van der Waals surface area contributed by atoms with E-state index < -0.39 is 11.6 Å². The van der Waals surface area contributed by atoms with Crippen molar-refractivity contribution >= 4 is 17.2 Å². The maximum Gasteiger partial charge on any atom is 0.264 e. The van der Waals surface area contributed by atoms with Crippen LogP contribution in [-0.4, -0.2) is 26.6 Å². The first-order chi connectivity index (χ1) is 16.0. The summed E-state index contributed by atoms with van der Waals surface area (Å²) in [5.41, 5.74) is 2.08. The van der Waals surface area contributed by atoms with Gasteiger partial charge in [-0.3, -0.25) is 4.79 Å². The Bertz CT molecular complexity index is 1280. The maximum absolute atomic E-state index is 14.5. The lowest BCUT2D eigenvalue weighted by molar-refractivity contribution is 0.0733. The van der Waals surface area contributed by atoms with Crippen molar-refractivity contribution in [2.75, 3.05) is 0 Å². The van der Waals surface area contributed by atoms with E-state index in [2.05, 4.69) is 5.10 Å². The number of aromatic nitrogens is 2. The Morgan fingerprint density at radius 3 is 2.61 bits per heavy atom. The number of carbonyl (C=O) groups excluding carboxylic acids is 1. The molecule has 33 heavy (non-hydrogen) atoms. The number of thiophene rings is 1. The fourth-order valence-corrected chi connectivity index (χ4v) is 4.38. The molecule has 2 heterocycles. The Hall–Kier alpha value is -3.52. The third-order valence-corrected chi connectivity index (χ3v) is 6.41. The molecule has 1 aliphatic carbocycles. The monoisotopic (exact) mass is 465 g/mol. The molecule has 1 aliphatic rings. The summed E-state index contributed by atoms with van der Waals surface area (Å²) in [6.07, 6.45) is 1.87. The van der Waals surface area contributed by atoms with Crippen molar-refractivity contribution in [1.82, 2.24) is 14.7 Å². The normalized spacial score (nSPS) is 13.2. The number of ether oxygens (including phenoxy) is 1. The smallest absolute Gasteiger partial charge is 0.264 e. The van der Waals surface area contributed by atoms with Crippen molar-refractivity contribution in [3.8, 4) is 17.3 Å². The molecule has 0 spiro atoms. The summed E-state index contributed by atoms with van der Waals surface area (Å²) < 4.78 is 35.5. The fraction of sp³-hybridized carbons (Fsp3) is 0.200. The molecule has 0 bridgehead atoms. The minimum Gasteiger partial charge on any atom is -0.435 e. The minimum atomic E-state index is -0.812. The summed E-state index contributed by atoms with van der Waals surface area (Å²) in [6.45, 7) is 2.11. The van der Waals surface area contributed by atoms with E-state index in [9.17, 15) is 13.6 Å². The van der Waals surface area contributed by atoms with Crippen molar-refractivity contribution in [2.24, 2.45) is 0 Å².